The number of rotatable bonds is 2. The molecule has 4 rings (SSSR count). The van der Waals surface area contributed by atoms with Gasteiger partial charge in [-0.05, 0) is 55.4 Å². The molecule has 2 saturated heterocycles. The molecule has 1 atom stereocenters. The molecule has 6 heteroatoms. The van der Waals surface area contributed by atoms with Crippen molar-refractivity contribution in [2.75, 3.05) is 38.7 Å². The maximum Gasteiger partial charge on any atom is 0.321 e. The maximum absolute atomic E-state index is 12.8. The first-order chi connectivity index (χ1) is 12.6. The van der Waals surface area contributed by atoms with Crippen molar-refractivity contribution in [2.45, 2.75) is 32.1 Å². The van der Waals surface area contributed by atoms with Crippen LogP contribution in [0.2, 0.25) is 0 Å². The second-order valence-electron chi connectivity index (χ2n) is 7.79. The topological polar surface area (TPSA) is 70.7 Å². The van der Waals surface area contributed by atoms with Gasteiger partial charge in [0.15, 0.2) is 0 Å². The van der Waals surface area contributed by atoms with Gasteiger partial charge in [-0.2, -0.15) is 0 Å². The Hall–Kier alpha value is -2.08. The fourth-order valence-corrected chi connectivity index (χ4v) is 4.80. The molecule has 3 aliphatic rings. The molecule has 1 unspecified atom stereocenters. The molecule has 2 N–H and O–H groups in total. The summed E-state index contributed by atoms with van der Waals surface area (Å²) in [6.07, 6.45) is 5.07. The van der Waals surface area contributed by atoms with Crippen LogP contribution in [0.15, 0.2) is 18.2 Å². The Labute approximate surface area is 154 Å². The van der Waals surface area contributed by atoms with E-state index in [9.17, 15) is 9.59 Å². The first kappa shape index (κ1) is 17.3. The van der Waals surface area contributed by atoms with E-state index in [4.69, 9.17) is 4.74 Å². The van der Waals surface area contributed by atoms with E-state index in [0.29, 0.717) is 26.3 Å². The molecular formula is C20H27N3O3. The van der Waals surface area contributed by atoms with E-state index < -0.39 is 0 Å². The molecule has 0 bridgehead atoms. The summed E-state index contributed by atoms with van der Waals surface area (Å²) in [7, 11) is 1.67. The van der Waals surface area contributed by atoms with Gasteiger partial charge in [-0.25, -0.2) is 4.79 Å². The zero-order valence-electron chi connectivity index (χ0n) is 15.3. The highest BCUT2D eigenvalue weighted by Crippen LogP contribution is 2.44. The van der Waals surface area contributed by atoms with E-state index in [1.165, 1.54) is 17.5 Å². The maximum atomic E-state index is 12.8. The number of hydrogen-bond donors (Lipinski definition) is 2. The van der Waals surface area contributed by atoms with Crippen LogP contribution in [0.25, 0.3) is 0 Å². The number of hydrogen-bond acceptors (Lipinski definition) is 3. The molecule has 0 aromatic heterocycles. The molecule has 0 saturated carbocycles. The Balaban J connectivity index is 1.48. The van der Waals surface area contributed by atoms with Gasteiger partial charge in [0.2, 0.25) is 5.91 Å². The van der Waals surface area contributed by atoms with Crippen molar-refractivity contribution >= 4 is 17.6 Å². The Kier molecular flexibility index (Phi) is 4.61. The van der Waals surface area contributed by atoms with E-state index >= 15 is 0 Å². The predicted octanol–water partition coefficient (Wildman–Crippen LogP) is 2.18. The molecule has 1 spiro atoms. The molecule has 140 valence electrons. The lowest BCUT2D eigenvalue weighted by molar-refractivity contribution is -0.129. The average molecular weight is 357 g/mol. The third-order valence-corrected chi connectivity index (χ3v) is 6.34. The van der Waals surface area contributed by atoms with Crippen LogP contribution in [0.1, 0.15) is 30.4 Å². The van der Waals surface area contributed by atoms with Gasteiger partial charge in [-0.1, -0.05) is 6.07 Å². The highest BCUT2D eigenvalue weighted by molar-refractivity contribution is 5.91. The van der Waals surface area contributed by atoms with Gasteiger partial charge in [-0.3, -0.25) is 4.79 Å². The summed E-state index contributed by atoms with van der Waals surface area (Å²) in [6.45, 7) is 2.41. The van der Waals surface area contributed by atoms with Crippen LogP contribution >= 0.6 is 0 Å². The molecule has 0 radical (unpaired) electrons. The van der Waals surface area contributed by atoms with Gasteiger partial charge in [0, 0.05) is 44.5 Å². The zero-order valence-corrected chi connectivity index (χ0v) is 15.3. The number of nitrogens with zero attached hydrogens (tertiary/aromatic N) is 1. The Morgan fingerprint density at radius 2 is 1.96 bits per heavy atom. The third kappa shape index (κ3) is 3.07. The molecule has 3 amide bonds. The quantitative estimate of drug-likeness (QED) is 0.852. The third-order valence-electron chi connectivity index (χ3n) is 6.34. The minimum atomic E-state index is -0.165. The standard InChI is InChI=1S/C20H27N3O3/c1-21-18(24)17-12-23(13-20(17)7-9-26-10-8-20)19(25)22-16-6-5-14-3-2-4-15(14)11-16/h5-6,11,17H,2-4,7-10,12-13H2,1H3,(H,21,24)(H,22,25). The van der Waals surface area contributed by atoms with Crippen LogP contribution < -0.4 is 10.6 Å². The van der Waals surface area contributed by atoms with E-state index in [2.05, 4.69) is 22.8 Å². The number of nitrogens with one attached hydrogen (secondary N) is 2. The molecule has 2 fully saturated rings. The number of carbonyl (C=O) groups is 2. The van der Waals surface area contributed by atoms with E-state index in [1.54, 1.807) is 11.9 Å². The number of amides is 3. The Morgan fingerprint density at radius 3 is 2.73 bits per heavy atom. The van der Waals surface area contributed by atoms with Crippen molar-refractivity contribution in [2.24, 2.45) is 11.3 Å². The Morgan fingerprint density at radius 1 is 1.19 bits per heavy atom. The minimum Gasteiger partial charge on any atom is -0.381 e. The van der Waals surface area contributed by atoms with Crippen molar-refractivity contribution < 1.29 is 14.3 Å². The number of urea groups is 1. The van der Waals surface area contributed by atoms with Gasteiger partial charge in [-0.15, -0.1) is 0 Å². The van der Waals surface area contributed by atoms with Crippen molar-refractivity contribution in [1.82, 2.24) is 10.2 Å². The smallest absolute Gasteiger partial charge is 0.321 e. The second-order valence-corrected chi connectivity index (χ2v) is 7.79. The van der Waals surface area contributed by atoms with Crippen LogP contribution in [0.4, 0.5) is 10.5 Å². The summed E-state index contributed by atoms with van der Waals surface area (Å²) in [5.74, 6) is -0.137. The number of fused-ring (bicyclic) bond motifs is 1. The van der Waals surface area contributed by atoms with Crippen LogP contribution in [0.5, 0.6) is 0 Å². The fraction of sp³-hybridized carbons (Fsp3) is 0.600. The summed E-state index contributed by atoms with van der Waals surface area (Å²) < 4.78 is 5.50. The first-order valence-electron chi connectivity index (χ1n) is 9.58. The van der Waals surface area contributed by atoms with Gasteiger partial charge in [0.25, 0.3) is 0 Å². The second kappa shape index (κ2) is 6.91. The fourth-order valence-electron chi connectivity index (χ4n) is 4.80. The van der Waals surface area contributed by atoms with Crippen LogP contribution in [0.3, 0.4) is 0 Å². The summed E-state index contributed by atoms with van der Waals surface area (Å²) in [4.78, 5) is 27.1. The molecule has 1 aromatic carbocycles. The lowest BCUT2D eigenvalue weighted by atomic mass is 9.72. The average Bonchev–Trinajstić information content (AvgIpc) is 3.26. The molecule has 2 heterocycles. The summed E-state index contributed by atoms with van der Waals surface area (Å²) in [5, 5.41) is 5.81. The summed E-state index contributed by atoms with van der Waals surface area (Å²) >= 11 is 0. The predicted molar refractivity (Wildman–Crippen MR) is 99.1 cm³/mol. The normalized spacial score (nSPS) is 23.7. The van der Waals surface area contributed by atoms with Crippen LogP contribution in [-0.2, 0) is 22.4 Å². The number of anilines is 1. The van der Waals surface area contributed by atoms with Gasteiger partial charge < -0.3 is 20.3 Å². The molecule has 1 aromatic rings. The first-order valence-corrected chi connectivity index (χ1v) is 9.58. The monoisotopic (exact) mass is 357 g/mol. The molecular weight excluding hydrogens is 330 g/mol. The van der Waals surface area contributed by atoms with Crippen molar-refractivity contribution in [3.8, 4) is 0 Å². The Bertz CT molecular complexity index is 712. The highest BCUT2D eigenvalue weighted by atomic mass is 16.5. The summed E-state index contributed by atoms with van der Waals surface area (Å²) in [6, 6.07) is 6.09. The van der Waals surface area contributed by atoms with Crippen LogP contribution in [0, 0.1) is 11.3 Å². The van der Waals surface area contributed by atoms with E-state index in [1.807, 2.05) is 6.07 Å². The molecule has 1 aliphatic carbocycles. The van der Waals surface area contributed by atoms with Crippen LogP contribution in [-0.4, -0.2) is 50.2 Å². The van der Waals surface area contributed by atoms with E-state index in [-0.39, 0.29) is 23.3 Å². The van der Waals surface area contributed by atoms with Crippen molar-refractivity contribution in [3.05, 3.63) is 29.3 Å². The van der Waals surface area contributed by atoms with E-state index in [0.717, 1.165) is 31.4 Å². The number of likely N-dealkylation sites (tertiary alicyclic amines) is 1. The molecule has 6 nitrogen and oxygen atoms in total. The zero-order chi connectivity index (χ0) is 18.1. The summed E-state index contributed by atoms with van der Waals surface area (Å²) in [5.41, 5.74) is 3.42. The van der Waals surface area contributed by atoms with Gasteiger partial charge in [0.05, 0.1) is 5.92 Å². The van der Waals surface area contributed by atoms with Gasteiger partial charge in [0.1, 0.15) is 0 Å². The molecule has 2 aliphatic heterocycles. The SMILES string of the molecule is CNC(=O)C1CN(C(=O)Nc2ccc3c(c2)CCC3)CC12CCOCC2. The number of aryl methyl sites for hydroxylation is 2. The molecule has 26 heavy (non-hydrogen) atoms. The lowest BCUT2D eigenvalue weighted by Gasteiger charge is -2.36. The van der Waals surface area contributed by atoms with Crippen molar-refractivity contribution in [3.63, 3.8) is 0 Å². The van der Waals surface area contributed by atoms with Crippen molar-refractivity contribution in [1.29, 1.82) is 0 Å². The van der Waals surface area contributed by atoms with Gasteiger partial charge >= 0.3 is 6.03 Å². The number of benzene rings is 1. The number of ether oxygens (including phenoxy) is 1. The highest BCUT2D eigenvalue weighted by Gasteiger charge is 2.51. The minimum absolute atomic E-state index is 0.0275. The number of carbonyl (C=O) groups excluding carboxylic acids is 2. The lowest BCUT2D eigenvalue weighted by Crippen LogP contribution is -2.43. The largest absolute Gasteiger partial charge is 0.381 e.